The molecule has 1 aliphatic heterocycles. The number of aromatic amines is 1. The van der Waals surface area contributed by atoms with Crippen molar-refractivity contribution < 1.29 is 9.47 Å². The summed E-state index contributed by atoms with van der Waals surface area (Å²) in [5.74, 6) is 1.40. The van der Waals surface area contributed by atoms with Crippen molar-refractivity contribution >= 4 is 28.2 Å². The Kier molecular flexibility index (Phi) is 4.72. The number of nitrogens with one attached hydrogen (secondary N) is 2. The number of hydrogen-bond donors (Lipinski definition) is 2. The fourth-order valence-corrected chi connectivity index (χ4v) is 4.03. The van der Waals surface area contributed by atoms with Gasteiger partial charge in [0.2, 0.25) is 0 Å². The summed E-state index contributed by atoms with van der Waals surface area (Å²) in [6.45, 7) is 1.57. The lowest BCUT2D eigenvalue weighted by Crippen LogP contribution is -2.44. The summed E-state index contributed by atoms with van der Waals surface area (Å²) in [4.78, 5) is 17.8. The van der Waals surface area contributed by atoms with E-state index < -0.39 is 0 Å². The first-order valence-corrected chi connectivity index (χ1v) is 9.50. The average Bonchev–Trinajstić information content (AvgIpc) is 3.18. The molecule has 138 valence electrons. The first kappa shape index (κ1) is 17.1. The van der Waals surface area contributed by atoms with Gasteiger partial charge in [0.05, 0.1) is 12.1 Å². The van der Waals surface area contributed by atoms with E-state index in [9.17, 15) is 4.79 Å². The topological polar surface area (TPSA) is 66.6 Å². The number of pyridine rings is 1. The summed E-state index contributed by atoms with van der Waals surface area (Å²) in [7, 11) is 1.83. The van der Waals surface area contributed by atoms with Crippen molar-refractivity contribution in [2.45, 2.75) is 38.3 Å². The van der Waals surface area contributed by atoms with Crippen LogP contribution in [0.5, 0.6) is 11.5 Å². The van der Waals surface area contributed by atoms with E-state index in [4.69, 9.17) is 21.7 Å². The summed E-state index contributed by atoms with van der Waals surface area (Å²) >= 11 is 5.50. The monoisotopic (exact) mass is 373 g/mol. The molecule has 0 bridgehead atoms. The Labute approximate surface area is 157 Å². The number of rotatable bonds is 3. The van der Waals surface area contributed by atoms with Crippen molar-refractivity contribution in [1.82, 2.24) is 15.2 Å². The van der Waals surface area contributed by atoms with Crippen molar-refractivity contribution in [2.75, 3.05) is 20.3 Å². The lowest BCUT2D eigenvalue weighted by Gasteiger charge is -2.31. The summed E-state index contributed by atoms with van der Waals surface area (Å²) < 4.78 is 11.3. The molecule has 2 aromatic rings. The highest BCUT2D eigenvalue weighted by Gasteiger charge is 2.25. The fraction of sp³-hybridized carbons (Fsp3) is 0.474. The third kappa shape index (κ3) is 3.23. The summed E-state index contributed by atoms with van der Waals surface area (Å²) in [5.41, 5.74) is 1.38. The van der Waals surface area contributed by atoms with E-state index in [0.717, 1.165) is 29.5 Å². The number of aromatic nitrogens is 1. The Bertz CT molecular complexity index is 889. The van der Waals surface area contributed by atoms with Crippen molar-refractivity contribution in [1.29, 1.82) is 0 Å². The molecule has 7 heteroatoms. The van der Waals surface area contributed by atoms with Crippen LogP contribution in [-0.4, -0.2) is 41.3 Å². The second kappa shape index (κ2) is 7.15. The van der Waals surface area contributed by atoms with Crippen LogP contribution in [0.1, 0.15) is 31.2 Å². The lowest BCUT2D eigenvalue weighted by atomic mass is 10.1. The highest BCUT2D eigenvalue weighted by atomic mass is 32.1. The van der Waals surface area contributed by atoms with Crippen molar-refractivity contribution in [2.24, 2.45) is 0 Å². The number of H-pyrrole nitrogens is 1. The largest absolute Gasteiger partial charge is 0.486 e. The maximum absolute atomic E-state index is 12.6. The number of nitrogens with zero attached hydrogens (tertiary/aromatic N) is 1. The molecule has 1 aliphatic carbocycles. The van der Waals surface area contributed by atoms with E-state index in [0.29, 0.717) is 42.2 Å². The van der Waals surface area contributed by atoms with Gasteiger partial charge >= 0.3 is 0 Å². The normalized spacial score (nSPS) is 16.7. The molecule has 1 aromatic carbocycles. The number of hydrogen-bond acceptors (Lipinski definition) is 4. The van der Waals surface area contributed by atoms with E-state index >= 15 is 0 Å². The minimum Gasteiger partial charge on any atom is -0.486 e. The maximum atomic E-state index is 12.6. The van der Waals surface area contributed by atoms with Gasteiger partial charge in [-0.2, -0.15) is 0 Å². The van der Waals surface area contributed by atoms with Crippen LogP contribution in [-0.2, 0) is 6.54 Å². The van der Waals surface area contributed by atoms with Gasteiger partial charge in [0.15, 0.2) is 16.6 Å². The van der Waals surface area contributed by atoms with Gasteiger partial charge in [-0.1, -0.05) is 12.8 Å². The Hall–Kier alpha value is -2.28. The van der Waals surface area contributed by atoms with Gasteiger partial charge in [0, 0.05) is 30.1 Å². The molecule has 0 saturated heterocycles. The molecular weight excluding hydrogens is 350 g/mol. The molecule has 0 atom stereocenters. The molecule has 2 aliphatic rings. The van der Waals surface area contributed by atoms with E-state index in [2.05, 4.69) is 15.2 Å². The summed E-state index contributed by atoms with van der Waals surface area (Å²) in [6.07, 6.45) is 4.66. The van der Waals surface area contributed by atoms with Crippen LogP contribution >= 0.6 is 12.2 Å². The smallest absolute Gasteiger partial charge is 0.253 e. The molecular formula is C19H23N3O3S. The SMILES string of the molecule is CNC(=S)N(Cc1cc2cc3c(cc2[nH]c1=O)OCCO3)C1CCCC1. The number of ether oxygens (including phenoxy) is 2. The predicted molar refractivity (Wildman–Crippen MR) is 105 cm³/mol. The van der Waals surface area contributed by atoms with Crippen LogP contribution in [0.2, 0.25) is 0 Å². The zero-order valence-corrected chi connectivity index (χ0v) is 15.7. The minimum atomic E-state index is -0.0870. The van der Waals surface area contributed by atoms with E-state index in [1.165, 1.54) is 12.8 Å². The molecule has 0 amide bonds. The Morgan fingerprint density at radius 1 is 1.23 bits per heavy atom. The van der Waals surface area contributed by atoms with Gasteiger partial charge < -0.3 is 24.7 Å². The molecule has 0 spiro atoms. The van der Waals surface area contributed by atoms with Crippen molar-refractivity contribution in [3.05, 3.63) is 34.1 Å². The molecule has 0 radical (unpaired) electrons. The van der Waals surface area contributed by atoms with E-state index in [1.54, 1.807) is 0 Å². The van der Waals surface area contributed by atoms with Crippen LogP contribution in [0, 0.1) is 0 Å². The summed E-state index contributed by atoms with van der Waals surface area (Å²) in [6, 6.07) is 6.10. The predicted octanol–water partition coefficient (Wildman–Crippen LogP) is 2.55. The Morgan fingerprint density at radius 3 is 2.62 bits per heavy atom. The van der Waals surface area contributed by atoms with Crippen LogP contribution in [0.25, 0.3) is 10.9 Å². The third-order valence-electron chi connectivity index (χ3n) is 5.16. The zero-order chi connectivity index (χ0) is 18.1. The molecule has 2 heterocycles. The first-order valence-electron chi connectivity index (χ1n) is 9.09. The number of benzene rings is 1. The van der Waals surface area contributed by atoms with Crippen LogP contribution < -0.4 is 20.3 Å². The van der Waals surface area contributed by atoms with E-state index in [-0.39, 0.29) is 5.56 Å². The Morgan fingerprint density at radius 2 is 1.92 bits per heavy atom. The second-order valence-corrected chi connectivity index (χ2v) is 7.21. The molecule has 4 rings (SSSR count). The highest BCUT2D eigenvalue weighted by molar-refractivity contribution is 7.80. The molecule has 1 aromatic heterocycles. The quantitative estimate of drug-likeness (QED) is 0.806. The summed E-state index contributed by atoms with van der Waals surface area (Å²) in [5, 5.41) is 4.70. The molecule has 1 saturated carbocycles. The van der Waals surface area contributed by atoms with Crippen LogP contribution in [0.15, 0.2) is 23.0 Å². The molecule has 2 N–H and O–H groups in total. The van der Waals surface area contributed by atoms with Crippen molar-refractivity contribution in [3.8, 4) is 11.5 Å². The molecule has 26 heavy (non-hydrogen) atoms. The highest BCUT2D eigenvalue weighted by Crippen LogP contribution is 2.34. The van der Waals surface area contributed by atoms with Gasteiger partial charge in [-0.05, 0) is 37.2 Å². The van der Waals surface area contributed by atoms with Gasteiger partial charge in [-0.3, -0.25) is 4.79 Å². The van der Waals surface area contributed by atoms with Crippen LogP contribution in [0.3, 0.4) is 0 Å². The Balaban J connectivity index is 1.69. The van der Waals surface area contributed by atoms with Gasteiger partial charge in [-0.25, -0.2) is 0 Å². The van der Waals surface area contributed by atoms with Gasteiger partial charge in [0.1, 0.15) is 13.2 Å². The number of thiocarbonyl (C=S) groups is 1. The molecule has 0 unspecified atom stereocenters. The second-order valence-electron chi connectivity index (χ2n) is 6.83. The molecule has 1 fully saturated rings. The average molecular weight is 373 g/mol. The van der Waals surface area contributed by atoms with Gasteiger partial charge in [0.25, 0.3) is 5.56 Å². The standard InChI is InChI=1S/C19H23N3O3S/c1-20-19(26)22(14-4-2-3-5-14)11-13-8-12-9-16-17(25-7-6-24-16)10-15(12)21-18(13)23/h8-10,14H,2-7,11H2,1H3,(H,20,26)(H,21,23). The van der Waals surface area contributed by atoms with Crippen molar-refractivity contribution in [3.63, 3.8) is 0 Å². The van der Waals surface area contributed by atoms with E-state index in [1.807, 2.05) is 25.2 Å². The minimum absolute atomic E-state index is 0.0870. The van der Waals surface area contributed by atoms with Gasteiger partial charge in [-0.15, -0.1) is 0 Å². The first-order chi connectivity index (χ1) is 12.7. The lowest BCUT2D eigenvalue weighted by molar-refractivity contribution is 0.172. The number of fused-ring (bicyclic) bond motifs is 2. The fourth-order valence-electron chi connectivity index (χ4n) is 3.82. The maximum Gasteiger partial charge on any atom is 0.253 e. The zero-order valence-electron chi connectivity index (χ0n) is 14.8. The molecule has 6 nitrogen and oxygen atoms in total. The van der Waals surface area contributed by atoms with Crippen LogP contribution in [0.4, 0.5) is 0 Å². The third-order valence-corrected chi connectivity index (χ3v) is 5.60.